The summed E-state index contributed by atoms with van der Waals surface area (Å²) in [6, 6.07) is 22.6. The summed E-state index contributed by atoms with van der Waals surface area (Å²) >= 11 is 0. The van der Waals surface area contributed by atoms with Gasteiger partial charge in [0, 0.05) is 22.8 Å². The molecule has 0 fully saturated rings. The van der Waals surface area contributed by atoms with Gasteiger partial charge in [-0.1, -0.05) is 56.3 Å². The van der Waals surface area contributed by atoms with E-state index in [0.717, 1.165) is 22.0 Å². The summed E-state index contributed by atoms with van der Waals surface area (Å²) in [7, 11) is 0. The van der Waals surface area contributed by atoms with E-state index in [1.54, 1.807) is 35.8 Å². The SMILES string of the molecule is CCOC(=O)c1ccc(NC(=O)n2cc(-c3ccccc3C(C)C)c3ccccc32)cc1. The van der Waals surface area contributed by atoms with Crippen molar-refractivity contribution in [2.45, 2.75) is 26.7 Å². The molecule has 3 aromatic carbocycles. The third-order valence-electron chi connectivity index (χ3n) is 5.45. The lowest BCUT2D eigenvalue weighted by Gasteiger charge is -2.12. The first-order valence-corrected chi connectivity index (χ1v) is 10.8. The highest BCUT2D eigenvalue weighted by Crippen LogP contribution is 2.35. The molecular formula is C27H26N2O3. The average molecular weight is 427 g/mol. The normalized spacial score (nSPS) is 11.0. The number of esters is 1. The van der Waals surface area contributed by atoms with Crippen molar-refractivity contribution in [2.24, 2.45) is 0 Å². The molecule has 0 atom stereocenters. The molecule has 5 nitrogen and oxygen atoms in total. The third-order valence-corrected chi connectivity index (χ3v) is 5.45. The van der Waals surface area contributed by atoms with Crippen molar-refractivity contribution >= 4 is 28.6 Å². The number of anilines is 1. The Balaban J connectivity index is 1.69. The number of hydrogen-bond donors (Lipinski definition) is 1. The Bertz CT molecular complexity index is 1270. The number of carbonyl (C=O) groups excluding carboxylic acids is 2. The smallest absolute Gasteiger partial charge is 0.338 e. The van der Waals surface area contributed by atoms with E-state index < -0.39 is 0 Å². The molecule has 0 saturated heterocycles. The molecule has 1 amide bonds. The van der Waals surface area contributed by atoms with E-state index in [0.29, 0.717) is 23.8 Å². The van der Waals surface area contributed by atoms with Gasteiger partial charge in [0.15, 0.2) is 0 Å². The maximum atomic E-state index is 13.2. The fraction of sp³-hybridized carbons (Fsp3) is 0.185. The number of nitrogens with one attached hydrogen (secondary N) is 1. The highest BCUT2D eigenvalue weighted by atomic mass is 16.5. The van der Waals surface area contributed by atoms with Crippen molar-refractivity contribution in [1.82, 2.24) is 4.57 Å². The van der Waals surface area contributed by atoms with E-state index in [4.69, 9.17) is 4.74 Å². The van der Waals surface area contributed by atoms with Crippen molar-refractivity contribution in [1.29, 1.82) is 0 Å². The van der Waals surface area contributed by atoms with Crippen LogP contribution in [0.5, 0.6) is 0 Å². The minimum absolute atomic E-state index is 0.265. The van der Waals surface area contributed by atoms with E-state index >= 15 is 0 Å². The van der Waals surface area contributed by atoms with Crippen molar-refractivity contribution in [2.75, 3.05) is 11.9 Å². The van der Waals surface area contributed by atoms with Gasteiger partial charge < -0.3 is 10.1 Å². The van der Waals surface area contributed by atoms with Gasteiger partial charge in [0.05, 0.1) is 17.7 Å². The molecule has 0 bridgehead atoms. The lowest BCUT2D eigenvalue weighted by atomic mass is 9.92. The molecule has 0 spiro atoms. The lowest BCUT2D eigenvalue weighted by molar-refractivity contribution is 0.0526. The van der Waals surface area contributed by atoms with Crippen LogP contribution in [0.2, 0.25) is 0 Å². The Morgan fingerprint density at radius 2 is 1.59 bits per heavy atom. The molecule has 0 saturated carbocycles. The van der Waals surface area contributed by atoms with E-state index in [1.165, 1.54) is 5.56 Å². The van der Waals surface area contributed by atoms with Gasteiger partial charge in [0.2, 0.25) is 0 Å². The minimum Gasteiger partial charge on any atom is -0.462 e. The Labute approximate surface area is 187 Å². The van der Waals surface area contributed by atoms with Crippen LogP contribution in [0.15, 0.2) is 79.0 Å². The number of aromatic nitrogens is 1. The maximum absolute atomic E-state index is 13.2. The second-order valence-electron chi connectivity index (χ2n) is 7.90. The zero-order valence-electron chi connectivity index (χ0n) is 18.5. The van der Waals surface area contributed by atoms with Crippen LogP contribution in [0.3, 0.4) is 0 Å². The predicted molar refractivity (Wildman–Crippen MR) is 128 cm³/mol. The lowest BCUT2D eigenvalue weighted by Crippen LogP contribution is -2.18. The van der Waals surface area contributed by atoms with Gasteiger partial charge in [-0.25, -0.2) is 9.59 Å². The van der Waals surface area contributed by atoms with E-state index in [-0.39, 0.29) is 12.0 Å². The molecule has 0 unspecified atom stereocenters. The molecule has 0 aliphatic carbocycles. The van der Waals surface area contributed by atoms with Gasteiger partial charge >= 0.3 is 12.0 Å². The summed E-state index contributed by atoms with van der Waals surface area (Å²) in [6.07, 6.45) is 1.90. The number of hydrogen-bond acceptors (Lipinski definition) is 3. The molecule has 1 aromatic heterocycles. The second-order valence-corrected chi connectivity index (χ2v) is 7.90. The molecular weight excluding hydrogens is 400 g/mol. The van der Waals surface area contributed by atoms with E-state index in [1.807, 2.05) is 42.6 Å². The number of ether oxygens (including phenoxy) is 1. The number of para-hydroxylation sites is 1. The van der Waals surface area contributed by atoms with Gasteiger partial charge in [0.25, 0.3) is 0 Å². The topological polar surface area (TPSA) is 60.3 Å². The predicted octanol–water partition coefficient (Wildman–Crippen LogP) is 6.69. The molecule has 0 radical (unpaired) electrons. The summed E-state index contributed by atoms with van der Waals surface area (Å²) in [5.41, 5.74) is 5.28. The first-order valence-electron chi connectivity index (χ1n) is 10.8. The van der Waals surface area contributed by atoms with Crippen LogP contribution < -0.4 is 5.32 Å². The Morgan fingerprint density at radius 1 is 0.906 bits per heavy atom. The molecule has 4 aromatic rings. The zero-order chi connectivity index (χ0) is 22.7. The second kappa shape index (κ2) is 9.10. The van der Waals surface area contributed by atoms with Crippen LogP contribution in [0.4, 0.5) is 10.5 Å². The fourth-order valence-corrected chi connectivity index (χ4v) is 3.90. The summed E-state index contributed by atoms with van der Waals surface area (Å²) in [5, 5.41) is 3.94. The van der Waals surface area contributed by atoms with E-state index in [2.05, 4.69) is 31.3 Å². The Hall–Kier alpha value is -3.86. The number of fused-ring (bicyclic) bond motifs is 1. The van der Waals surface area contributed by atoms with Crippen LogP contribution in [0, 0.1) is 0 Å². The largest absolute Gasteiger partial charge is 0.462 e. The molecule has 32 heavy (non-hydrogen) atoms. The summed E-state index contributed by atoms with van der Waals surface area (Å²) in [6.45, 7) is 6.43. The van der Waals surface area contributed by atoms with Gasteiger partial charge in [-0.2, -0.15) is 0 Å². The maximum Gasteiger partial charge on any atom is 0.338 e. The van der Waals surface area contributed by atoms with Crippen molar-refractivity contribution in [3.63, 3.8) is 0 Å². The van der Waals surface area contributed by atoms with E-state index in [9.17, 15) is 9.59 Å². The monoisotopic (exact) mass is 426 g/mol. The minimum atomic E-state index is -0.379. The van der Waals surface area contributed by atoms with Crippen molar-refractivity contribution < 1.29 is 14.3 Å². The Morgan fingerprint density at radius 3 is 2.31 bits per heavy atom. The van der Waals surface area contributed by atoms with Crippen LogP contribution in [-0.2, 0) is 4.74 Å². The number of nitrogens with zero attached hydrogens (tertiary/aromatic N) is 1. The highest BCUT2D eigenvalue weighted by molar-refractivity contribution is 6.05. The molecule has 162 valence electrons. The Kier molecular flexibility index (Phi) is 6.08. The standard InChI is InChI=1S/C27H26N2O3/c1-4-32-26(30)19-13-15-20(16-14-19)28-27(31)29-17-24(23-11-7-8-12-25(23)29)22-10-6-5-9-21(22)18(2)3/h5-18H,4H2,1-3H3,(H,28,31). The zero-order valence-corrected chi connectivity index (χ0v) is 18.5. The van der Waals surface area contributed by atoms with Gasteiger partial charge in [-0.05, 0) is 54.3 Å². The van der Waals surface area contributed by atoms with Crippen LogP contribution in [0.25, 0.3) is 22.0 Å². The average Bonchev–Trinajstić information content (AvgIpc) is 3.19. The van der Waals surface area contributed by atoms with Gasteiger partial charge in [-0.15, -0.1) is 0 Å². The molecule has 1 N–H and O–H groups in total. The molecule has 0 aliphatic rings. The first kappa shape index (κ1) is 21.4. The molecule has 1 heterocycles. The summed E-state index contributed by atoms with van der Waals surface area (Å²) in [4.78, 5) is 25.0. The fourth-order valence-electron chi connectivity index (χ4n) is 3.90. The van der Waals surface area contributed by atoms with Crippen molar-refractivity contribution in [3.8, 4) is 11.1 Å². The summed E-state index contributed by atoms with van der Waals surface area (Å²) < 4.78 is 6.65. The number of carbonyl (C=O) groups is 2. The highest BCUT2D eigenvalue weighted by Gasteiger charge is 2.17. The van der Waals surface area contributed by atoms with Gasteiger partial charge in [0.1, 0.15) is 0 Å². The van der Waals surface area contributed by atoms with Crippen molar-refractivity contribution in [3.05, 3.63) is 90.1 Å². The first-order chi connectivity index (χ1) is 15.5. The molecule has 4 rings (SSSR count). The van der Waals surface area contributed by atoms with Gasteiger partial charge in [-0.3, -0.25) is 4.57 Å². The molecule has 0 aliphatic heterocycles. The summed E-state index contributed by atoms with van der Waals surface area (Å²) in [5.74, 6) is -0.0182. The van der Waals surface area contributed by atoms with Crippen LogP contribution >= 0.6 is 0 Å². The number of benzene rings is 3. The molecule has 5 heteroatoms. The van der Waals surface area contributed by atoms with Crippen LogP contribution in [0.1, 0.15) is 42.6 Å². The quantitative estimate of drug-likeness (QED) is 0.362. The van der Waals surface area contributed by atoms with Crippen LogP contribution in [-0.4, -0.2) is 23.2 Å². The number of rotatable bonds is 5. The third kappa shape index (κ3) is 4.14. The number of amides is 1.